The predicted octanol–water partition coefficient (Wildman–Crippen LogP) is 5.35. The van der Waals surface area contributed by atoms with Gasteiger partial charge in [-0.05, 0) is 46.3 Å². The highest BCUT2D eigenvalue weighted by atomic mass is 79.9. The highest BCUT2D eigenvalue weighted by Gasteiger charge is 2.21. The molecule has 0 saturated carbocycles. The smallest absolute Gasteiger partial charge is 0.263 e. The maximum absolute atomic E-state index is 13.0. The molecular formula is C12H6BrCl3FNO2S. The van der Waals surface area contributed by atoms with Crippen LogP contribution in [0.15, 0.2) is 39.7 Å². The van der Waals surface area contributed by atoms with Gasteiger partial charge >= 0.3 is 0 Å². The Kier molecular flexibility index (Phi) is 5.05. The number of sulfonamides is 1. The minimum Gasteiger partial charge on any atom is -0.277 e. The van der Waals surface area contributed by atoms with Gasteiger partial charge in [0.1, 0.15) is 10.7 Å². The van der Waals surface area contributed by atoms with Crippen LogP contribution in [-0.4, -0.2) is 8.42 Å². The van der Waals surface area contributed by atoms with Crippen molar-refractivity contribution in [1.82, 2.24) is 0 Å². The summed E-state index contributed by atoms with van der Waals surface area (Å²) in [6, 6.07) is 5.91. The fourth-order valence-corrected chi connectivity index (χ4v) is 4.70. The van der Waals surface area contributed by atoms with Crippen molar-refractivity contribution in [3.63, 3.8) is 0 Å². The summed E-state index contributed by atoms with van der Waals surface area (Å²) in [6.07, 6.45) is 0. The van der Waals surface area contributed by atoms with Gasteiger partial charge in [-0.2, -0.15) is 0 Å². The zero-order valence-electron chi connectivity index (χ0n) is 10.0. The number of hydrogen-bond donors (Lipinski definition) is 1. The van der Waals surface area contributed by atoms with Gasteiger partial charge in [-0.1, -0.05) is 34.8 Å². The lowest BCUT2D eigenvalue weighted by Gasteiger charge is -2.12. The SMILES string of the molecule is O=S(=O)(Nc1c(Cl)cc(Cl)cc1Cl)c1ccc(F)cc1Br. The molecule has 112 valence electrons. The molecule has 0 atom stereocenters. The van der Waals surface area contributed by atoms with Crippen molar-refractivity contribution < 1.29 is 12.8 Å². The standard InChI is InChI=1S/C12H6BrCl3FNO2S/c13-8-5-7(17)1-2-11(8)21(19,20)18-12-9(15)3-6(14)4-10(12)16/h1-5,18H. The van der Waals surface area contributed by atoms with E-state index in [0.29, 0.717) is 0 Å². The average molecular weight is 434 g/mol. The van der Waals surface area contributed by atoms with Crippen LogP contribution < -0.4 is 4.72 Å². The molecule has 0 aromatic heterocycles. The monoisotopic (exact) mass is 431 g/mol. The Morgan fingerprint density at radius 3 is 2.14 bits per heavy atom. The van der Waals surface area contributed by atoms with Gasteiger partial charge in [0.15, 0.2) is 0 Å². The van der Waals surface area contributed by atoms with Crippen molar-refractivity contribution in [1.29, 1.82) is 0 Å². The van der Waals surface area contributed by atoms with Gasteiger partial charge in [0.25, 0.3) is 10.0 Å². The average Bonchev–Trinajstić information content (AvgIpc) is 2.33. The van der Waals surface area contributed by atoms with E-state index in [9.17, 15) is 12.8 Å². The first kappa shape index (κ1) is 16.8. The maximum atomic E-state index is 13.0. The predicted molar refractivity (Wildman–Crippen MR) is 86.4 cm³/mol. The molecule has 0 saturated heterocycles. The Labute approximate surface area is 144 Å². The molecular weight excluding hydrogens is 427 g/mol. The number of halogens is 5. The summed E-state index contributed by atoms with van der Waals surface area (Å²) in [7, 11) is -3.99. The summed E-state index contributed by atoms with van der Waals surface area (Å²) in [5.41, 5.74) is -0.000965. The Bertz CT molecular complexity index is 791. The molecule has 0 radical (unpaired) electrons. The summed E-state index contributed by atoms with van der Waals surface area (Å²) in [5.74, 6) is -0.566. The largest absolute Gasteiger partial charge is 0.277 e. The first-order chi connectivity index (χ1) is 9.70. The number of nitrogens with one attached hydrogen (secondary N) is 1. The second-order valence-corrected chi connectivity index (χ2v) is 7.68. The van der Waals surface area contributed by atoms with Gasteiger partial charge in [-0.15, -0.1) is 0 Å². The van der Waals surface area contributed by atoms with Crippen LogP contribution in [0.1, 0.15) is 0 Å². The Morgan fingerprint density at radius 1 is 1.05 bits per heavy atom. The topological polar surface area (TPSA) is 46.2 Å². The summed E-state index contributed by atoms with van der Waals surface area (Å²) in [4.78, 5) is -0.147. The lowest BCUT2D eigenvalue weighted by atomic mass is 10.3. The highest BCUT2D eigenvalue weighted by Crippen LogP contribution is 2.36. The molecule has 2 aromatic rings. The molecule has 0 amide bonds. The third kappa shape index (κ3) is 3.81. The zero-order chi connectivity index (χ0) is 15.8. The molecule has 21 heavy (non-hydrogen) atoms. The van der Waals surface area contributed by atoms with E-state index in [1.165, 1.54) is 12.1 Å². The van der Waals surface area contributed by atoms with E-state index in [4.69, 9.17) is 34.8 Å². The van der Waals surface area contributed by atoms with Crippen LogP contribution in [-0.2, 0) is 10.0 Å². The van der Waals surface area contributed by atoms with E-state index < -0.39 is 15.8 Å². The lowest BCUT2D eigenvalue weighted by molar-refractivity contribution is 0.599. The molecule has 0 bridgehead atoms. The number of anilines is 1. The van der Waals surface area contributed by atoms with Crippen LogP contribution in [0.3, 0.4) is 0 Å². The van der Waals surface area contributed by atoms with Crippen LogP contribution in [0.5, 0.6) is 0 Å². The summed E-state index contributed by atoms with van der Waals surface area (Å²) in [5, 5.41) is 0.375. The normalized spacial score (nSPS) is 11.5. The molecule has 9 heteroatoms. The van der Waals surface area contributed by atoms with E-state index in [-0.39, 0.29) is 30.1 Å². The van der Waals surface area contributed by atoms with Crippen LogP contribution in [0, 0.1) is 5.82 Å². The molecule has 0 spiro atoms. The summed E-state index contributed by atoms with van der Waals surface area (Å²) < 4.78 is 40.0. The van der Waals surface area contributed by atoms with Gasteiger partial charge in [0, 0.05) is 9.50 Å². The molecule has 3 nitrogen and oxygen atoms in total. The molecule has 0 heterocycles. The quantitative estimate of drug-likeness (QED) is 0.709. The molecule has 2 aromatic carbocycles. The van der Waals surface area contributed by atoms with Crippen molar-refractivity contribution in [2.24, 2.45) is 0 Å². The number of hydrogen-bond acceptors (Lipinski definition) is 2. The first-order valence-corrected chi connectivity index (χ1v) is 8.74. The molecule has 0 aliphatic carbocycles. The van der Waals surface area contributed by atoms with Crippen LogP contribution >= 0.6 is 50.7 Å². The van der Waals surface area contributed by atoms with Gasteiger partial charge < -0.3 is 0 Å². The van der Waals surface area contributed by atoms with E-state index >= 15 is 0 Å². The minimum atomic E-state index is -3.99. The molecule has 0 unspecified atom stereocenters. The van der Waals surface area contributed by atoms with Crippen molar-refractivity contribution in [2.75, 3.05) is 4.72 Å². The van der Waals surface area contributed by atoms with E-state index in [2.05, 4.69) is 20.7 Å². The Morgan fingerprint density at radius 2 is 1.62 bits per heavy atom. The van der Waals surface area contributed by atoms with Gasteiger partial charge in [0.2, 0.25) is 0 Å². The van der Waals surface area contributed by atoms with Gasteiger partial charge in [-0.3, -0.25) is 4.72 Å². The second kappa shape index (κ2) is 6.30. The van der Waals surface area contributed by atoms with Crippen LogP contribution in [0.2, 0.25) is 15.1 Å². The van der Waals surface area contributed by atoms with Crippen molar-refractivity contribution >= 4 is 66.4 Å². The molecule has 0 aliphatic rings. The third-order valence-electron chi connectivity index (χ3n) is 2.43. The number of rotatable bonds is 3. The molecule has 2 rings (SSSR count). The number of benzene rings is 2. The van der Waals surface area contributed by atoms with Crippen molar-refractivity contribution in [3.8, 4) is 0 Å². The fraction of sp³-hybridized carbons (Fsp3) is 0. The van der Waals surface area contributed by atoms with E-state index in [0.717, 1.165) is 18.2 Å². The molecule has 0 aliphatic heterocycles. The van der Waals surface area contributed by atoms with Crippen molar-refractivity contribution in [2.45, 2.75) is 4.90 Å². The van der Waals surface area contributed by atoms with Crippen molar-refractivity contribution in [3.05, 3.63) is 55.7 Å². The maximum Gasteiger partial charge on any atom is 0.263 e. The Balaban J connectivity index is 2.47. The van der Waals surface area contributed by atoms with Gasteiger partial charge in [-0.25, -0.2) is 12.8 Å². The fourth-order valence-electron chi connectivity index (χ4n) is 1.52. The Hall–Kier alpha value is -0.530. The first-order valence-electron chi connectivity index (χ1n) is 5.33. The van der Waals surface area contributed by atoms with Gasteiger partial charge in [0.05, 0.1) is 15.7 Å². The third-order valence-corrected chi connectivity index (χ3v) is 5.57. The summed E-state index contributed by atoms with van der Waals surface area (Å²) >= 11 is 20.6. The zero-order valence-corrected chi connectivity index (χ0v) is 14.7. The lowest BCUT2D eigenvalue weighted by Crippen LogP contribution is -2.14. The highest BCUT2D eigenvalue weighted by molar-refractivity contribution is 9.10. The second-order valence-electron chi connectivity index (χ2n) is 3.92. The van der Waals surface area contributed by atoms with Crippen LogP contribution in [0.4, 0.5) is 10.1 Å². The van der Waals surface area contributed by atoms with E-state index in [1.54, 1.807) is 0 Å². The minimum absolute atomic E-state index is 0.000965. The van der Waals surface area contributed by atoms with Crippen LogP contribution in [0.25, 0.3) is 0 Å². The van der Waals surface area contributed by atoms with E-state index in [1.807, 2.05) is 0 Å². The summed E-state index contributed by atoms with van der Waals surface area (Å²) in [6.45, 7) is 0. The molecule has 1 N–H and O–H groups in total. The molecule has 0 fully saturated rings.